The van der Waals surface area contributed by atoms with Gasteiger partial charge in [0, 0.05) is 13.0 Å². The molecule has 0 saturated carbocycles. The third-order valence-corrected chi connectivity index (χ3v) is 3.66. The van der Waals surface area contributed by atoms with Gasteiger partial charge in [-0.2, -0.15) is 0 Å². The summed E-state index contributed by atoms with van der Waals surface area (Å²) in [6, 6.07) is 15.6. The Kier molecular flexibility index (Phi) is 6.63. The van der Waals surface area contributed by atoms with Crippen molar-refractivity contribution < 1.29 is 19.7 Å². The first-order chi connectivity index (χ1) is 11.2. The SMILES string of the molecule is O=C(O)CCc1cccc(OCc2ccccc2)c1CCCO. The number of benzene rings is 2. The second kappa shape index (κ2) is 8.96. The molecule has 2 N–H and O–H groups in total. The van der Waals surface area contributed by atoms with Crippen molar-refractivity contribution in [3.63, 3.8) is 0 Å². The maximum absolute atomic E-state index is 10.8. The van der Waals surface area contributed by atoms with Crippen LogP contribution in [-0.2, 0) is 24.2 Å². The molecule has 0 aliphatic heterocycles. The van der Waals surface area contributed by atoms with E-state index in [-0.39, 0.29) is 13.0 Å². The van der Waals surface area contributed by atoms with Crippen LogP contribution in [-0.4, -0.2) is 22.8 Å². The van der Waals surface area contributed by atoms with Gasteiger partial charge < -0.3 is 14.9 Å². The number of aliphatic hydroxyl groups is 1. The number of rotatable bonds is 9. The molecule has 0 unspecified atom stereocenters. The van der Waals surface area contributed by atoms with Crippen LogP contribution in [0.3, 0.4) is 0 Å². The van der Waals surface area contributed by atoms with Gasteiger partial charge in [-0.05, 0) is 42.0 Å². The fourth-order valence-corrected chi connectivity index (χ4v) is 2.50. The maximum Gasteiger partial charge on any atom is 0.303 e. The molecule has 2 rings (SSSR count). The molecule has 0 aliphatic rings. The highest BCUT2D eigenvalue weighted by molar-refractivity contribution is 5.67. The molecule has 122 valence electrons. The zero-order valence-electron chi connectivity index (χ0n) is 13.1. The van der Waals surface area contributed by atoms with Crippen molar-refractivity contribution in [1.82, 2.24) is 0 Å². The van der Waals surface area contributed by atoms with Crippen LogP contribution in [0.5, 0.6) is 5.75 Å². The summed E-state index contributed by atoms with van der Waals surface area (Å²) in [7, 11) is 0. The number of aliphatic hydroxyl groups excluding tert-OH is 1. The molecule has 0 saturated heterocycles. The Balaban J connectivity index is 2.15. The number of hydrogen-bond acceptors (Lipinski definition) is 3. The third-order valence-electron chi connectivity index (χ3n) is 3.66. The van der Waals surface area contributed by atoms with E-state index < -0.39 is 5.97 Å². The van der Waals surface area contributed by atoms with Crippen molar-refractivity contribution in [2.24, 2.45) is 0 Å². The summed E-state index contributed by atoms with van der Waals surface area (Å²) in [6.07, 6.45) is 1.87. The Bertz CT molecular complexity index is 623. The molecule has 0 heterocycles. The van der Waals surface area contributed by atoms with Crippen LogP contribution >= 0.6 is 0 Å². The molecule has 0 spiro atoms. The number of hydrogen-bond donors (Lipinski definition) is 2. The standard InChI is InChI=1S/C19H22O4/c20-13-5-9-17-16(11-12-19(21)22)8-4-10-18(17)23-14-15-6-2-1-3-7-15/h1-4,6-8,10,20H,5,9,11-14H2,(H,21,22). The number of ether oxygens (including phenoxy) is 1. The zero-order valence-corrected chi connectivity index (χ0v) is 13.1. The monoisotopic (exact) mass is 314 g/mol. The Hall–Kier alpha value is -2.33. The first-order valence-electron chi connectivity index (χ1n) is 7.81. The molecule has 4 heteroatoms. The summed E-state index contributed by atoms with van der Waals surface area (Å²) in [5.41, 5.74) is 3.06. The molecule has 0 radical (unpaired) electrons. The average molecular weight is 314 g/mol. The van der Waals surface area contributed by atoms with Gasteiger partial charge in [0.1, 0.15) is 12.4 Å². The van der Waals surface area contributed by atoms with Crippen LogP contribution in [0.4, 0.5) is 0 Å². The molecule has 0 atom stereocenters. The molecule has 0 bridgehead atoms. The molecule has 0 amide bonds. The number of carbonyl (C=O) groups is 1. The minimum absolute atomic E-state index is 0.0915. The molecular weight excluding hydrogens is 292 g/mol. The molecule has 2 aromatic rings. The topological polar surface area (TPSA) is 66.8 Å². The minimum Gasteiger partial charge on any atom is -0.489 e. The molecule has 2 aromatic carbocycles. The molecule has 0 aromatic heterocycles. The van der Waals surface area contributed by atoms with Gasteiger partial charge >= 0.3 is 5.97 Å². The Morgan fingerprint density at radius 1 is 1.00 bits per heavy atom. The second-order valence-corrected chi connectivity index (χ2v) is 5.39. The lowest BCUT2D eigenvalue weighted by Gasteiger charge is -2.15. The van der Waals surface area contributed by atoms with Crippen molar-refractivity contribution in [3.8, 4) is 5.75 Å². The largest absolute Gasteiger partial charge is 0.489 e. The van der Waals surface area contributed by atoms with Gasteiger partial charge in [-0.1, -0.05) is 42.5 Å². The van der Waals surface area contributed by atoms with Crippen LogP contribution in [0.15, 0.2) is 48.5 Å². The summed E-state index contributed by atoms with van der Waals surface area (Å²) in [4.78, 5) is 10.8. The molecular formula is C19H22O4. The fourth-order valence-electron chi connectivity index (χ4n) is 2.50. The molecule has 23 heavy (non-hydrogen) atoms. The second-order valence-electron chi connectivity index (χ2n) is 5.39. The summed E-state index contributed by atoms with van der Waals surface area (Å²) >= 11 is 0. The first-order valence-corrected chi connectivity index (χ1v) is 7.81. The molecule has 0 fully saturated rings. The highest BCUT2D eigenvalue weighted by Crippen LogP contribution is 2.26. The average Bonchev–Trinajstić information content (AvgIpc) is 2.57. The van der Waals surface area contributed by atoms with Crippen molar-refractivity contribution in [1.29, 1.82) is 0 Å². The van der Waals surface area contributed by atoms with Crippen LogP contribution < -0.4 is 4.74 Å². The smallest absolute Gasteiger partial charge is 0.303 e. The van der Waals surface area contributed by atoms with E-state index in [1.165, 1.54) is 0 Å². The van der Waals surface area contributed by atoms with E-state index in [4.69, 9.17) is 14.9 Å². The Labute approximate surface area is 136 Å². The number of carboxylic acid groups (broad SMARTS) is 1. The zero-order chi connectivity index (χ0) is 16.5. The lowest BCUT2D eigenvalue weighted by molar-refractivity contribution is -0.136. The van der Waals surface area contributed by atoms with Gasteiger partial charge in [0.05, 0.1) is 0 Å². The maximum atomic E-state index is 10.8. The third kappa shape index (κ3) is 5.42. The van der Waals surface area contributed by atoms with Crippen molar-refractivity contribution in [2.75, 3.05) is 6.61 Å². The van der Waals surface area contributed by atoms with Gasteiger partial charge in [-0.3, -0.25) is 4.79 Å². The van der Waals surface area contributed by atoms with E-state index in [0.717, 1.165) is 22.4 Å². The van der Waals surface area contributed by atoms with E-state index >= 15 is 0 Å². The van der Waals surface area contributed by atoms with E-state index in [9.17, 15) is 4.79 Å². The number of aliphatic carboxylic acids is 1. The summed E-state index contributed by atoms with van der Waals surface area (Å²) in [6.45, 7) is 0.570. The molecule has 0 aliphatic carbocycles. The lowest BCUT2D eigenvalue weighted by Crippen LogP contribution is -2.05. The summed E-state index contributed by atoms with van der Waals surface area (Å²) < 4.78 is 5.94. The van der Waals surface area contributed by atoms with E-state index in [2.05, 4.69) is 0 Å². The van der Waals surface area contributed by atoms with E-state index in [1.54, 1.807) is 0 Å². The highest BCUT2D eigenvalue weighted by atomic mass is 16.5. The van der Waals surface area contributed by atoms with Gasteiger partial charge in [0.15, 0.2) is 0 Å². The fraction of sp³-hybridized carbons (Fsp3) is 0.316. The van der Waals surface area contributed by atoms with E-state index in [0.29, 0.717) is 25.9 Å². The van der Waals surface area contributed by atoms with Gasteiger partial charge in [0.2, 0.25) is 0 Å². The Morgan fingerprint density at radius 2 is 1.78 bits per heavy atom. The summed E-state index contributed by atoms with van der Waals surface area (Å²) in [5, 5.41) is 18.0. The van der Waals surface area contributed by atoms with Crippen molar-refractivity contribution in [2.45, 2.75) is 32.3 Å². The normalized spacial score (nSPS) is 10.5. The number of aryl methyl sites for hydroxylation is 1. The van der Waals surface area contributed by atoms with Crippen LogP contribution in [0.1, 0.15) is 29.5 Å². The van der Waals surface area contributed by atoms with Crippen LogP contribution in [0.2, 0.25) is 0 Å². The quantitative estimate of drug-likeness (QED) is 0.746. The van der Waals surface area contributed by atoms with Crippen LogP contribution in [0.25, 0.3) is 0 Å². The van der Waals surface area contributed by atoms with Gasteiger partial charge in [-0.25, -0.2) is 0 Å². The van der Waals surface area contributed by atoms with Crippen LogP contribution in [0, 0.1) is 0 Å². The molecule has 4 nitrogen and oxygen atoms in total. The summed E-state index contributed by atoms with van der Waals surface area (Å²) in [5.74, 6) is -0.0427. The van der Waals surface area contributed by atoms with E-state index in [1.807, 2.05) is 48.5 Å². The van der Waals surface area contributed by atoms with Crippen molar-refractivity contribution in [3.05, 3.63) is 65.2 Å². The van der Waals surface area contributed by atoms with Crippen molar-refractivity contribution >= 4 is 5.97 Å². The number of carboxylic acids is 1. The van der Waals surface area contributed by atoms with Gasteiger partial charge in [0.25, 0.3) is 0 Å². The lowest BCUT2D eigenvalue weighted by atomic mass is 9.98. The highest BCUT2D eigenvalue weighted by Gasteiger charge is 2.11. The first kappa shape index (κ1) is 17.0. The predicted octanol–water partition coefficient (Wildman–Crippen LogP) is 3.21. The minimum atomic E-state index is -0.811. The Morgan fingerprint density at radius 3 is 2.48 bits per heavy atom. The van der Waals surface area contributed by atoms with Gasteiger partial charge in [-0.15, -0.1) is 0 Å². The predicted molar refractivity (Wildman–Crippen MR) is 88.6 cm³/mol.